The zero-order valence-electron chi connectivity index (χ0n) is 12.8. The molecule has 0 spiro atoms. The van der Waals surface area contributed by atoms with Gasteiger partial charge in [0.05, 0.1) is 6.42 Å². The summed E-state index contributed by atoms with van der Waals surface area (Å²) in [5, 5.41) is 11.8. The lowest BCUT2D eigenvalue weighted by molar-refractivity contribution is -0.136. The van der Waals surface area contributed by atoms with Gasteiger partial charge in [-0.1, -0.05) is 40.7 Å². The van der Waals surface area contributed by atoms with Gasteiger partial charge in [-0.25, -0.2) is 0 Å². The summed E-state index contributed by atoms with van der Waals surface area (Å²) in [6, 6.07) is 5.41. The second-order valence-corrected chi connectivity index (χ2v) is 6.34. The van der Waals surface area contributed by atoms with Crippen LogP contribution >= 0.6 is 0 Å². The standard InChI is InChI=1S/C16H23NO3/c1-10(2)15(20)17-12-7-6-11(8-14(18)19)13(9-12)16(3,4)5/h6-7,9-10H,8H2,1-5H3,(H,17,20)(H,18,19). The van der Waals surface area contributed by atoms with E-state index < -0.39 is 5.97 Å². The average Bonchev–Trinajstić information content (AvgIpc) is 2.28. The second-order valence-electron chi connectivity index (χ2n) is 6.34. The number of nitrogens with one attached hydrogen (secondary N) is 1. The van der Waals surface area contributed by atoms with Crippen molar-refractivity contribution in [3.8, 4) is 0 Å². The van der Waals surface area contributed by atoms with Gasteiger partial charge in [-0.15, -0.1) is 0 Å². The van der Waals surface area contributed by atoms with Crippen molar-refractivity contribution in [1.29, 1.82) is 0 Å². The first kappa shape index (κ1) is 16.2. The number of amides is 1. The number of anilines is 1. The first-order chi connectivity index (χ1) is 9.11. The number of hydrogen-bond donors (Lipinski definition) is 2. The summed E-state index contributed by atoms with van der Waals surface area (Å²) < 4.78 is 0. The van der Waals surface area contributed by atoms with E-state index in [2.05, 4.69) is 5.32 Å². The van der Waals surface area contributed by atoms with Gasteiger partial charge in [0.2, 0.25) is 5.91 Å². The molecular formula is C16H23NO3. The van der Waals surface area contributed by atoms with Crippen LogP contribution in [0.25, 0.3) is 0 Å². The maximum absolute atomic E-state index is 11.7. The Kier molecular flexibility index (Phi) is 4.93. The maximum atomic E-state index is 11.7. The monoisotopic (exact) mass is 277 g/mol. The Balaban J connectivity index is 3.14. The van der Waals surface area contributed by atoms with Crippen molar-refractivity contribution in [3.63, 3.8) is 0 Å². The molecule has 0 heterocycles. The number of carboxylic acid groups (broad SMARTS) is 1. The highest BCUT2D eigenvalue weighted by Crippen LogP contribution is 2.29. The zero-order chi connectivity index (χ0) is 15.5. The van der Waals surface area contributed by atoms with Crippen LogP contribution in [-0.2, 0) is 21.4 Å². The molecule has 0 aliphatic heterocycles. The fourth-order valence-corrected chi connectivity index (χ4v) is 1.96. The molecule has 0 aliphatic carbocycles. The molecule has 0 radical (unpaired) electrons. The van der Waals surface area contributed by atoms with Crippen LogP contribution in [0.15, 0.2) is 18.2 Å². The molecule has 0 aromatic heterocycles. The lowest BCUT2D eigenvalue weighted by Crippen LogP contribution is -2.20. The lowest BCUT2D eigenvalue weighted by atomic mass is 9.82. The van der Waals surface area contributed by atoms with Crippen molar-refractivity contribution < 1.29 is 14.7 Å². The molecule has 0 saturated carbocycles. The molecule has 4 heteroatoms. The highest BCUT2D eigenvalue weighted by Gasteiger charge is 2.20. The van der Waals surface area contributed by atoms with E-state index in [-0.39, 0.29) is 23.7 Å². The number of rotatable bonds is 4. The Hall–Kier alpha value is -1.84. The van der Waals surface area contributed by atoms with Crippen LogP contribution in [0, 0.1) is 5.92 Å². The van der Waals surface area contributed by atoms with E-state index in [0.29, 0.717) is 5.69 Å². The average molecular weight is 277 g/mol. The zero-order valence-corrected chi connectivity index (χ0v) is 12.8. The van der Waals surface area contributed by atoms with Gasteiger partial charge in [-0.05, 0) is 28.7 Å². The van der Waals surface area contributed by atoms with Gasteiger partial charge in [-0.3, -0.25) is 9.59 Å². The molecule has 0 saturated heterocycles. The van der Waals surface area contributed by atoms with Gasteiger partial charge in [0, 0.05) is 11.6 Å². The molecule has 0 aliphatic rings. The highest BCUT2D eigenvalue weighted by atomic mass is 16.4. The first-order valence-corrected chi connectivity index (χ1v) is 6.77. The van der Waals surface area contributed by atoms with Gasteiger partial charge in [0.15, 0.2) is 0 Å². The maximum Gasteiger partial charge on any atom is 0.307 e. The summed E-state index contributed by atoms with van der Waals surface area (Å²) in [7, 11) is 0. The smallest absolute Gasteiger partial charge is 0.307 e. The van der Waals surface area contributed by atoms with Crippen LogP contribution in [0.2, 0.25) is 0 Å². The normalized spacial score (nSPS) is 11.5. The molecule has 1 aromatic rings. The van der Waals surface area contributed by atoms with Crippen molar-refractivity contribution >= 4 is 17.6 Å². The Morgan fingerprint density at radius 2 is 1.85 bits per heavy atom. The molecule has 1 amide bonds. The molecule has 0 atom stereocenters. The minimum atomic E-state index is -0.852. The van der Waals surface area contributed by atoms with E-state index in [9.17, 15) is 9.59 Å². The Morgan fingerprint density at radius 1 is 1.25 bits per heavy atom. The van der Waals surface area contributed by atoms with Crippen molar-refractivity contribution in [2.24, 2.45) is 5.92 Å². The Bertz CT molecular complexity index is 513. The van der Waals surface area contributed by atoms with E-state index >= 15 is 0 Å². The lowest BCUT2D eigenvalue weighted by Gasteiger charge is -2.23. The summed E-state index contributed by atoms with van der Waals surface area (Å²) in [5.41, 5.74) is 2.26. The SMILES string of the molecule is CC(C)C(=O)Nc1ccc(CC(=O)O)c(C(C)(C)C)c1. The highest BCUT2D eigenvalue weighted by molar-refractivity contribution is 5.92. The van der Waals surface area contributed by atoms with Crippen molar-refractivity contribution in [3.05, 3.63) is 29.3 Å². The van der Waals surface area contributed by atoms with E-state index in [1.165, 1.54) is 0 Å². The van der Waals surface area contributed by atoms with Crippen LogP contribution in [0.1, 0.15) is 45.7 Å². The number of carbonyl (C=O) groups excluding carboxylic acids is 1. The van der Waals surface area contributed by atoms with Gasteiger partial charge in [-0.2, -0.15) is 0 Å². The van der Waals surface area contributed by atoms with E-state index in [0.717, 1.165) is 11.1 Å². The molecule has 20 heavy (non-hydrogen) atoms. The molecule has 4 nitrogen and oxygen atoms in total. The number of hydrogen-bond acceptors (Lipinski definition) is 2. The fourth-order valence-electron chi connectivity index (χ4n) is 1.96. The van der Waals surface area contributed by atoms with Crippen LogP contribution in [0.3, 0.4) is 0 Å². The number of carbonyl (C=O) groups is 2. The van der Waals surface area contributed by atoms with E-state index in [4.69, 9.17) is 5.11 Å². The molecule has 0 bridgehead atoms. The van der Waals surface area contributed by atoms with Crippen molar-refractivity contribution in [1.82, 2.24) is 0 Å². The largest absolute Gasteiger partial charge is 0.481 e. The van der Waals surface area contributed by atoms with Crippen LogP contribution in [0.4, 0.5) is 5.69 Å². The number of benzene rings is 1. The summed E-state index contributed by atoms with van der Waals surface area (Å²) >= 11 is 0. The van der Waals surface area contributed by atoms with E-state index in [1.807, 2.05) is 40.7 Å². The molecular weight excluding hydrogens is 254 g/mol. The number of carboxylic acids is 1. The molecule has 110 valence electrons. The summed E-state index contributed by atoms with van der Waals surface area (Å²) in [6.45, 7) is 9.75. The summed E-state index contributed by atoms with van der Waals surface area (Å²) in [5.74, 6) is -0.989. The predicted molar refractivity (Wildman–Crippen MR) is 79.9 cm³/mol. The molecule has 2 N–H and O–H groups in total. The Labute approximate surface area is 120 Å². The first-order valence-electron chi connectivity index (χ1n) is 6.77. The predicted octanol–water partition coefficient (Wildman–Crippen LogP) is 3.21. The van der Waals surface area contributed by atoms with Gasteiger partial charge in [0.25, 0.3) is 0 Å². The van der Waals surface area contributed by atoms with E-state index in [1.54, 1.807) is 12.1 Å². The van der Waals surface area contributed by atoms with Crippen molar-refractivity contribution in [2.75, 3.05) is 5.32 Å². The summed E-state index contributed by atoms with van der Waals surface area (Å²) in [4.78, 5) is 22.7. The quantitative estimate of drug-likeness (QED) is 0.888. The fraction of sp³-hybridized carbons (Fsp3) is 0.500. The number of aliphatic carboxylic acids is 1. The third-order valence-electron chi connectivity index (χ3n) is 3.05. The summed E-state index contributed by atoms with van der Waals surface area (Å²) in [6.07, 6.45) is -0.00892. The van der Waals surface area contributed by atoms with Crippen LogP contribution < -0.4 is 5.32 Å². The third kappa shape index (κ3) is 4.37. The Morgan fingerprint density at radius 3 is 2.30 bits per heavy atom. The van der Waals surface area contributed by atoms with Crippen LogP contribution in [-0.4, -0.2) is 17.0 Å². The molecule has 1 aromatic carbocycles. The molecule has 0 unspecified atom stereocenters. The van der Waals surface area contributed by atoms with Crippen LogP contribution in [0.5, 0.6) is 0 Å². The topological polar surface area (TPSA) is 66.4 Å². The van der Waals surface area contributed by atoms with Gasteiger partial charge < -0.3 is 10.4 Å². The van der Waals surface area contributed by atoms with Crippen molar-refractivity contribution in [2.45, 2.75) is 46.5 Å². The second kappa shape index (κ2) is 6.07. The third-order valence-corrected chi connectivity index (χ3v) is 3.05. The minimum Gasteiger partial charge on any atom is -0.481 e. The molecule has 1 rings (SSSR count). The molecule has 0 fully saturated rings. The van der Waals surface area contributed by atoms with Gasteiger partial charge in [0.1, 0.15) is 0 Å². The minimum absolute atomic E-state index is 0.00892. The van der Waals surface area contributed by atoms with Gasteiger partial charge >= 0.3 is 5.97 Å².